The van der Waals surface area contributed by atoms with E-state index in [-0.39, 0.29) is 19.8 Å². The molecule has 0 fully saturated rings. The lowest BCUT2D eigenvalue weighted by Gasteiger charge is -2.29. The van der Waals surface area contributed by atoms with Crippen LogP contribution in [-0.2, 0) is 27.5 Å². The molecule has 0 saturated heterocycles. The van der Waals surface area contributed by atoms with E-state index in [4.69, 9.17) is 9.47 Å². The van der Waals surface area contributed by atoms with Gasteiger partial charge in [-0.05, 0) is 26.1 Å². The molecule has 0 aromatic carbocycles. The highest BCUT2D eigenvalue weighted by Crippen LogP contribution is 2.21. The van der Waals surface area contributed by atoms with Gasteiger partial charge in [0.1, 0.15) is 18.2 Å². The molecule has 2 N–H and O–H groups in total. The zero-order valence-electron chi connectivity index (χ0n) is 17.5. The van der Waals surface area contributed by atoms with Gasteiger partial charge in [0.2, 0.25) is 0 Å². The molecule has 0 radical (unpaired) electrons. The minimum atomic E-state index is -0.666. The molecule has 10 nitrogen and oxygen atoms in total. The maximum absolute atomic E-state index is 12.7. The van der Waals surface area contributed by atoms with Crippen LogP contribution in [0.25, 0.3) is 0 Å². The van der Waals surface area contributed by atoms with E-state index < -0.39 is 18.3 Å². The third-order valence-corrected chi connectivity index (χ3v) is 4.36. The number of nitrogens with zero attached hydrogens (tertiary/aromatic N) is 4. The highest BCUT2D eigenvalue weighted by Gasteiger charge is 2.23. The fourth-order valence-corrected chi connectivity index (χ4v) is 2.63. The summed E-state index contributed by atoms with van der Waals surface area (Å²) in [4.78, 5) is 35.6. The van der Waals surface area contributed by atoms with Crippen molar-refractivity contribution in [1.29, 1.82) is 0 Å². The molecule has 0 aliphatic carbocycles. The average molecular weight is 417 g/mol. The first-order chi connectivity index (χ1) is 14.4. The third-order valence-electron chi connectivity index (χ3n) is 4.36. The van der Waals surface area contributed by atoms with Crippen LogP contribution in [0.1, 0.15) is 18.1 Å². The number of aliphatic hydroxyl groups excluding tert-OH is 1. The van der Waals surface area contributed by atoms with Gasteiger partial charge >= 0.3 is 12.1 Å². The van der Waals surface area contributed by atoms with Crippen LogP contribution in [-0.4, -0.2) is 61.1 Å². The predicted octanol–water partition coefficient (Wildman–Crippen LogP) is 1.29. The molecule has 2 aromatic heterocycles. The van der Waals surface area contributed by atoms with E-state index in [0.717, 1.165) is 0 Å². The summed E-state index contributed by atoms with van der Waals surface area (Å²) in [7, 11) is 4.89. The number of carbonyl (C=O) groups excluding carboxylic acids is 2. The molecule has 0 aliphatic heterocycles. The summed E-state index contributed by atoms with van der Waals surface area (Å²) < 4.78 is 10.7. The number of pyridine rings is 2. The fraction of sp³-hybridized carbons (Fsp3) is 0.400. The predicted molar refractivity (Wildman–Crippen MR) is 111 cm³/mol. The van der Waals surface area contributed by atoms with Crippen molar-refractivity contribution in [3.8, 4) is 0 Å². The minimum Gasteiger partial charge on any atom is -0.460 e. The van der Waals surface area contributed by atoms with E-state index in [1.54, 1.807) is 56.4 Å². The lowest BCUT2D eigenvalue weighted by molar-refractivity contribution is -0.143. The van der Waals surface area contributed by atoms with Crippen LogP contribution in [0.5, 0.6) is 0 Å². The minimum absolute atomic E-state index is 0.0233. The molecule has 0 spiro atoms. The summed E-state index contributed by atoms with van der Waals surface area (Å²) >= 11 is 0. The Kier molecular flexibility index (Phi) is 8.51. The standard InChI is InChI=1S/C20H27N5O5/c1-14(24(3)18-15(12-26)7-5-9-22-18)30-20(28)25(4)19-16(8-6-10-23-19)13-29-17(27)11-21-2/h5-10,14,21,26H,11-13H2,1-4H3. The second-order valence-corrected chi connectivity index (χ2v) is 6.47. The molecule has 162 valence electrons. The molecule has 1 amide bonds. The Hall–Kier alpha value is -3.24. The van der Waals surface area contributed by atoms with Gasteiger partial charge in [-0.1, -0.05) is 12.1 Å². The molecule has 10 heteroatoms. The smallest absolute Gasteiger partial charge is 0.417 e. The first-order valence-electron chi connectivity index (χ1n) is 9.35. The van der Waals surface area contributed by atoms with E-state index in [0.29, 0.717) is 22.8 Å². The van der Waals surface area contributed by atoms with E-state index in [2.05, 4.69) is 15.3 Å². The number of anilines is 2. The highest BCUT2D eigenvalue weighted by atomic mass is 16.6. The number of aromatic nitrogens is 2. The van der Waals surface area contributed by atoms with Gasteiger partial charge in [0, 0.05) is 37.6 Å². The van der Waals surface area contributed by atoms with Gasteiger partial charge in [-0.25, -0.2) is 14.8 Å². The van der Waals surface area contributed by atoms with Crippen molar-refractivity contribution in [2.75, 3.05) is 37.5 Å². The Morgan fingerprint density at radius 3 is 2.40 bits per heavy atom. The molecule has 2 aromatic rings. The van der Waals surface area contributed by atoms with Gasteiger partial charge < -0.3 is 24.8 Å². The van der Waals surface area contributed by atoms with Crippen LogP contribution in [0.2, 0.25) is 0 Å². The van der Waals surface area contributed by atoms with E-state index in [1.807, 2.05) is 0 Å². The second-order valence-electron chi connectivity index (χ2n) is 6.47. The Balaban J connectivity index is 2.07. The first kappa shape index (κ1) is 23.0. The quantitative estimate of drug-likeness (QED) is 0.460. The molecule has 0 saturated carbocycles. The Morgan fingerprint density at radius 1 is 1.13 bits per heavy atom. The third kappa shape index (κ3) is 5.88. The Morgan fingerprint density at radius 2 is 1.77 bits per heavy atom. The van der Waals surface area contributed by atoms with E-state index in [1.165, 1.54) is 18.1 Å². The van der Waals surface area contributed by atoms with Crippen LogP contribution in [0.3, 0.4) is 0 Å². The van der Waals surface area contributed by atoms with Crippen molar-refractivity contribution >= 4 is 23.7 Å². The number of aliphatic hydroxyl groups is 1. The molecule has 1 atom stereocenters. The number of likely N-dealkylation sites (N-methyl/N-ethyl adjacent to an activating group) is 1. The zero-order valence-corrected chi connectivity index (χ0v) is 17.5. The number of amides is 1. The molecule has 1 unspecified atom stereocenters. The molecule has 30 heavy (non-hydrogen) atoms. The summed E-state index contributed by atoms with van der Waals surface area (Å²) in [5, 5.41) is 12.2. The number of rotatable bonds is 9. The molecular weight excluding hydrogens is 390 g/mol. The number of esters is 1. The van der Waals surface area contributed by atoms with Crippen LogP contribution >= 0.6 is 0 Å². The van der Waals surface area contributed by atoms with Crippen molar-refractivity contribution in [2.45, 2.75) is 26.4 Å². The second kappa shape index (κ2) is 11.1. The summed E-state index contributed by atoms with van der Waals surface area (Å²) in [6.45, 7) is 1.57. The van der Waals surface area contributed by atoms with Gasteiger partial charge in [0.25, 0.3) is 0 Å². The maximum Gasteiger partial charge on any atom is 0.417 e. The molecule has 0 aliphatic rings. The summed E-state index contributed by atoms with van der Waals surface area (Å²) in [6, 6.07) is 6.88. The van der Waals surface area contributed by atoms with Crippen LogP contribution in [0.4, 0.5) is 16.4 Å². The summed E-state index contributed by atoms with van der Waals surface area (Å²) in [5.41, 5.74) is 1.18. The van der Waals surface area contributed by atoms with Gasteiger partial charge in [0.05, 0.1) is 13.2 Å². The number of carbonyl (C=O) groups is 2. The normalized spacial score (nSPS) is 11.5. The Labute approximate surface area is 175 Å². The van der Waals surface area contributed by atoms with Crippen LogP contribution < -0.4 is 15.1 Å². The summed E-state index contributed by atoms with van der Waals surface area (Å²) in [5.74, 6) is 0.421. The highest BCUT2D eigenvalue weighted by molar-refractivity contribution is 5.86. The van der Waals surface area contributed by atoms with Crippen LogP contribution in [0, 0.1) is 0 Å². The van der Waals surface area contributed by atoms with Crippen LogP contribution in [0.15, 0.2) is 36.7 Å². The zero-order chi connectivity index (χ0) is 22.1. The van der Waals surface area contributed by atoms with Crippen molar-refractivity contribution in [2.24, 2.45) is 0 Å². The SMILES string of the molecule is CNCC(=O)OCc1cccnc1N(C)C(=O)OC(C)N(C)c1ncccc1CO. The molecule has 0 bridgehead atoms. The number of hydrogen-bond donors (Lipinski definition) is 2. The topological polar surface area (TPSA) is 117 Å². The number of nitrogens with one attached hydrogen (secondary N) is 1. The first-order valence-corrected chi connectivity index (χ1v) is 9.35. The summed E-state index contributed by atoms with van der Waals surface area (Å²) in [6.07, 6.45) is 1.83. The van der Waals surface area contributed by atoms with Gasteiger partial charge in [0.15, 0.2) is 6.23 Å². The van der Waals surface area contributed by atoms with Gasteiger partial charge in [-0.3, -0.25) is 9.69 Å². The molecule has 2 rings (SSSR count). The molecule has 2 heterocycles. The van der Waals surface area contributed by atoms with Gasteiger partial charge in [-0.2, -0.15) is 0 Å². The van der Waals surface area contributed by atoms with Crippen molar-refractivity contribution in [3.05, 3.63) is 47.8 Å². The lowest BCUT2D eigenvalue weighted by atomic mass is 10.2. The monoisotopic (exact) mass is 417 g/mol. The average Bonchev–Trinajstić information content (AvgIpc) is 2.76. The Bertz CT molecular complexity index is 863. The number of hydrogen-bond acceptors (Lipinski definition) is 9. The lowest BCUT2D eigenvalue weighted by Crippen LogP contribution is -2.39. The molecular formula is C20H27N5O5. The largest absolute Gasteiger partial charge is 0.460 e. The van der Waals surface area contributed by atoms with E-state index in [9.17, 15) is 14.7 Å². The van der Waals surface area contributed by atoms with Gasteiger partial charge in [-0.15, -0.1) is 0 Å². The van der Waals surface area contributed by atoms with Crippen molar-refractivity contribution in [1.82, 2.24) is 15.3 Å². The fourth-order valence-electron chi connectivity index (χ4n) is 2.63. The van der Waals surface area contributed by atoms with E-state index >= 15 is 0 Å². The van der Waals surface area contributed by atoms with Crippen molar-refractivity contribution < 1.29 is 24.2 Å². The number of ether oxygens (including phenoxy) is 2. The maximum atomic E-state index is 12.7. The van der Waals surface area contributed by atoms with Crippen molar-refractivity contribution in [3.63, 3.8) is 0 Å².